The first-order valence-corrected chi connectivity index (χ1v) is 12.5. The predicted molar refractivity (Wildman–Crippen MR) is 136 cm³/mol. The first-order valence-electron chi connectivity index (χ1n) is 12.5. The van der Waals surface area contributed by atoms with Gasteiger partial charge in [-0.15, -0.1) is 17.6 Å². The van der Waals surface area contributed by atoms with Crippen LogP contribution in [0.2, 0.25) is 0 Å². The lowest BCUT2D eigenvalue weighted by atomic mass is 10.1. The lowest BCUT2D eigenvalue weighted by molar-refractivity contribution is -0.522. The highest BCUT2D eigenvalue weighted by Gasteiger charge is 2.48. The van der Waals surface area contributed by atoms with Crippen LogP contribution in [0.1, 0.15) is 0 Å². The summed E-state index contributed by atoms with van der Waals surface area (Å²) in [6.45, 7) is 0. The van der Waals surface area contributed by atoms with E-state index in [4.69, 9.17) is 0 Å². The third-order valence-corrected chi connectivity index (χ3v) is 9.55. The van der Waals surface area contributed by atoms with Crippen LogP contribution in [0.25, 0.3) is 99.3 Å². The van der Waals surface area contributed by atoms with Crippen molar-refractivity contribution in [2.45, 2.75) is 0 Å². The number of rotatable bonds is 0. The summed E-state index contributed by atoms with van der Waals surface area (Å²) in [5.41, 5.74) is 23.1. The van der Waals surface area contributed by atoms with Gasteiger partial charge in [-0.2, -0.15) is 0 Å². The van der Waals surface area contributed by atoms with Crippen molar-refractivity contribution in [2.75, 3.05) is 0 Å². The van der Waals surface area contributed by atoms with Gasteiger partial charge in [-0.3, -0.25) is 8.80 Å². The number of benzene rings is 1. The van der Waals surface area contributed by atoms with Crippen LogP contribution in [-0.2, 0) is 0 Å². The lowest BCUT2D eigenvalue weighted by Gasteiger charge is -2.13. The second kappa shape index (κ2) is 4.01. The van der Waals surface area contributed by atoms with E-state index in [1.807, 2.05) is 0 Å². The van der Waals surface area contributed by atoms with Crippen molar-refractivity contribution in [1.82, 2.24) is 8.80 Å². The molecule has 1 aromatic carbocycles. The smallest absolute Gasteiger partial charge is 0.294 e. The number of fused-ring (bicyclic) bond motifs is 6. The van der Waals surface area contributed by atoms with Gasteiger partial charge in [0.2, 0.25) is 11.0 Å². The topological polar surface area (TPSA) is 25.2 Å². The SMILES string of the molecule is c1cc2c3ccc4c5ccc6c7ccc8c9ccc%10c%11ccc%12c1n2c1c(c(c(c(c1[n+]34)[n+]56)[n+]87)[n+]%109)n%12%11. The summed E-state index contributed by atoms with van der Waals surface area (Å²) in [4.78, 5) is 0. The summed E-state index contributed by atoms with van der Waals surface area (Å²) < 4.78 is 15.2. The molecule has 6 nitrogen and oxygen atoms in total. The Balaban J connectivity index is 1.68. The minimum atomic E-state index is 1.27. The average molecular weight is 456 g/mol. The van der Waals surface area contributed by atoms with E-state index in [9.17, 15) is 0 Å². The van der Waals surface area contributed by atoms with E-state index >= 15 is 0 Å². The first-order chi connectivity index (χ1) is 17.9. The highest BCUT2D eigenvalue weighted by Crippen LogP contribution is 2.41. The fourth-order valence-corrected chi connectivity index (χ4v) is 8.41. The van der Waals surface area contributed by atoms with E-state index in [-0.39, 0.29) is 0 Å². The van der Waals surface area contributed by atoms with Crippen molar-refractivity contribution in [3.63, 3.8) is 0 Å². The number of aromatic nitrogens is 6. The van der Waals surface area contributed by atoms with E-state index in [0.29, 0.717) is 0 Å². The van der Waals surface area contributed by atoms with Crippen LogP contribution in [0.4, 0.5) is 0 Å². The molecule has 0 saturated carbocycles. The molecule has 0 amide bonds. The van der Waals surface area contributed by atoms with Gasteiger partial charge in [0.25, 0.3) is 33.1 Å². The van der Waals surface area contributed by atoms with Crippen molar-refractivity contribution in [3.8, 4) is 0 Å². The average Bonchev–Trinajstić information content (AvgIpc) is 3.70. The number of nitrogens with zero attached hydrogens (tertiary/aromatic N) is 6. The molecular weight excluding hydrogens is 444 g/mol. The molecular formula is C30H12N6+4. The normalized spacial score (nSPS) is 14.7. The number of hydrogen-bond acceptors (Lipinski definition) is 0. The molecule has 0 unspecified atom stereocenters. The van der Waals surface area contributed by atoms with E-state index in [2.05, 4.69) is 99.2 Å². The van der Waals surface area contributed by atoms with E-state index in [1.165, 1.54) is 99.3 Å². The lowest BCUT2D eigenvalue weighted by Crippen LogP contribution is -2.42. The molecule has 0 aliphatic heterocycles. The molecule has 0 N–H and O–H groups in total. The largest absolute Gasteiger partial charge is 0.366 e. The Morgan fingerprint density at radius 2 is 0.611 bits per heavy atom. The second-order valence-corrected chi connectivity index (χ2v) is 10.7. The summed E-state index contributed by atoms with van der Waals surface area (Å²) in [6.07, 6.45) is 0. The molecule has 0 spiro atoms. The molecule has 0 saturated heterocycles. The van der Waals surface area contributed by atoms with E-state index < -0.39 is 0 Å². The first kappa shape index (κ1) is 15.0. The van der Waals surface area contributed by atoms with Crippen LogP contribution >= 0.6 is 0 Å². The van der Waals surface area contributed by atoms with Crippen LogP contribution in [0.5, 0.6) is 0 Å². The van der Waals surface area contributed by atoms with Gasteiger partial charge in [-0.1, -0.05) is 0 Å². The molecule has 6 heteroatoms. The van der Waals surface area contributed by atoms with Gasteiger partial charge in [0.15, 0.2) is 11.0 Å². The van der Waals surface area contributed by atoms with E-state index in [1.54, 1.807) is 0 Å². The molecule has 12 aromatic heterocycles. The van der Waals surface area contributed by atoms with Gasteiger partial charge >= 0.3 is 22.1 Å². The van der Waals surface area contributed by atoms with Crippen LogP contribution in [0, 0.1) is 0 Å². The Labute approximate surface area is 198 Å². The molecule has 0 aliphatic carbocycles. The van der Waals surface area contributed by atoms with Crippen LogP contribution in [0.3, 0.4) is 0 Å². The second-order valence-electron chi connectivity index (χ2n) is 10.7. The summed E-state index contributed by atoms with van der Waals surface area (Å²) in [5, 5.41) is 0. The molecule has 0 bridgehead atoms. The third kappa shape index (κ3) is 1.07. The standard InChI is InChI=1S/C30H12N6/c1-2-14-16-5-6-19-20-9-10-22-24-12-11-23-21-8-7-18-17-4-3-15-13(1)31(14)25-26(32(15)17)28(34(18)21)30(36(23)24)29(35(20)22)27(25)33(16)19/h1-12H/q+4. The van der Waals surface area contributed by atoms with Crippen molar-refractivity contribution in [1.29, 1.82) is 0 Å². The van der Waals surface area contributed by atoms with Gasteiger partial charge in [-0.05, 0) is 24.3 Å². The van der Waals surface area contributed by atoms with Crippen molar-refractivity contribution >= 4 is 99.3 Å². The zero-order chi connectivity index (χ0) is 22.3. The van der Waals surface area contributed by atoms with Crippen molar-refractivity contribution < 1.29 is 17.6 Å². The van der Waals surface area contributed by atoms with E-state index in [0.717, 1.165) is 0 Å². The van der Waals surface area contributed by atoms with Crippen LogP contribution in [0.15, 0.2) is 72.8 Å². The number of hydrogen-bond donors (Lipinski definition) is 0. The minimum absolute atomic E-state index is 1.27. The fourth-order valence-electron chi connectivity index (χ4n) is 8.41. The highest BCUT2D eigenvalue weighted by molar-refractivity contribution is 6.21. The molecule has 0 atom stereocenters. The maximum absolute atomic E-state index is 2.53. The van der Waals surface area contributed by atoms with Gasteiger partial charge < -0.3 is 0 Å². The molecule has 0 aliphatic rings. The summed E-state index contributed by atoms with van der Waals surface area (Å²) in [5.74, 6) is 0. The Kier molecular flexibility index (Phi) is 1.67. The molecule has 158 valence electrons. The Hall–Kier alpha value is -5.10. The van der Waals surface area contributed by atoms with Crippen molar-refractivity contribution in [3.05, 3.63) is 72.8 Å². The van der Waals surface area contributed by atoms with Gasteiger partial charge in [-0.25, -0.2) is 0 Å². The molecule has 13 aromatic rings. The predicted octanol–water partition coefficient (Wildman–Crippen LogP) is 3.57. The molecule has 36 heavy (non-hydrogen) atoms. The zero-order valence-electron chi connectivity index (χ0n) is 18.6. The van der Waals surface area contributed by atoms with Gasteiger partial charge in [0, 0.05) is 48.5 Å². The molecule has 13 rings (SSSR count). The third-order valence-electron chi connectivity index (χ3n) is 9.55. The highest BCUT2D eigenvalue weighted by atomic mass is 15.1. The Morgan fingerprint density at radius 1 is 0.306 bits per heavy atom. The maximum atomic E-state index is 2.53. The summed E-state index contributed by atoms with van der Waals surface area (Å²) in [7, 11) is 0. The monoisotopic (exact) mass is 456 g/mol. The molecule has 0 radical (unpaired) electrons. The van der Waals surface area contributed by atoms with Gasteiger partial charge in [0.05, 0.1) is 11.0 Å². The zero-order valence-corrected chi connectivity index (χ0v) is 18.6. The van der Waals surface area contributed by atoms with Gasteiger partial charge in [0.1, 0.15) is 11.0 Å². The van der Waals surface area contributed by atoms with Crippen LogP contribution in [-0.4, -0.2) is 8.80 Å². The summed E-state index contributed by atoms with van der Waals surface area (Å²) >= 11 is 0. The fraction of sp³-hybridized carbons (Fsp3) is 0. The molecule has 12 heterocycles. The van der Waals surface area contributed by atoms with Crippen LogP contribution < -0.4 is 17.6 Å². The Bertz CT molecular complexity index is 2310. The minimum Gasteiger partial charge on any atom is -0.294 e. The van der Waals surface area contributed by atoms with Crippen molar-refractivity contribution in [2.24, 2.45) is 0 Å². The quantitative estimate of drug-likeness (QED) is 0.189. The molecule has 0 fully saturated rings. The Morgan fingerprint density at radius 3 is 1.00 bits per heavy atom. The maximum Gasteiger partial charge on any atom is 0.366 e. The summed E-state index contributed by atoms with van der Waals surface area (Å²) in [6, 6.07) is 27.7.